The van der Waals surface area contributed by atoms with Crippen LogP contribution in [0.15, 0.2) is 40.9 Å². The van der Waals surface area contributed by atoms with Gasteiger partial charge >= 0.3 is 0 Å². The zero-order chi connectivity index (χ0) is 15.4. The van der Waals surface area contributed by atoms with E-state index in [-0.39, 0.29) is 11.9 Å². The molecule has 21 heavy (non-hydrogen) atoms. The summed E-state index contributed by atoms with van der Waals surface area (Å²) in [6.45, 7) is 4.55. The summed E-state index contributed by atoms with van der Waals surface area (Å²) < 4.78 is 19.7. The number of nitrogens with one attached hydrogen (secondary N) is 1. The molecule has 0 aliphatic rings. The number of benzene rings is 2. The fourth-order valence-electron chi connectivity index (χ4n) is 2.09. The Morgan fingerprint density at radius 2 is 2.00 bits per heavy atom. The predicted octanol–water partition coefficient (Wildman–Crippen LogP) is 4.76. The zero-order valence-electron chi connectivity index (χ0n) is 12.4. The van der Waals surface area contributed by atoms with Crippen molar-refractivity contribution in [3.05, 3.63) is 63.4 Å². The minimum atomic E-state index is -0.259. The van der Waals surface area contributed by atoms with Crippen molar-refractivity contribution in [2.75, 3.05) is 7.05 Å². The summed E-state index contributed by atoms with van der Waals surface area (Å²) >= 11 is 3.36. The van der Waals surface area contributed by atoms with Crippen LogP contribution >= 0.6 is 15.9 Å². The van der Waals surface area contributed by atoms with Crippen molar-refractivity contribution in [1.82, 2.24) is 5.32 Å². The minimum Gasteiger partial charge on any atom is -0.489 e. The Morgan fingerprint density at radius 3 is 2.67 bits per heavy atom. The summed E-state index contributed by atoms with van der Waals surface area (Å²) in [5.74, 6) is 0.587. The lowest BCUT2D eigenvalue weighted by atomic mass is 10.0. The molecule has 0 radical (unpaired) electrons. The molecule has 0 fully saturated rings. The second kappa shape index (κ2) is 7.05. The van der Waals surface area contributed by atoms with Crippen LogP contribution in [0.25, 0.3) is 0 Å². The van der Waals surface area contributed by atoms with Crippen molar-refractivity contribution in [3.63, 3.8) is 0 Å². The second-order valence-electron chi connectivity index (χ2n) is 5.08. The van der Waals surface area contributed by atoms with E-state index in [1.807, 2.05) is 19.2 Å². The van der Waals surface area contributed by atoms with Gasteiger partial charge in [0.25, 0.3) is 0 Å². The van der Waals surface area contributed by atoms with Gasteiger partial charge in [-0.25, -0.2) is 4.39 Å². The van der Waals surface area contributed by atoms with E-state index in [0.29, 0.717) is 6.61 Å². The molecule has 0 heterocycles. The molecule has 1 atom stereocenters. The molecule has 1 unspecified atom stereocenters. The van der Waals surface area contributed by atoms with E-state index < -0.39 is 0 Å². The van der Waals surface area contributed by atoms with E-state index in [2.05, 4.69) is 41.2 Å². The van der Waals surface area contributed by atoms with Crippen molar-refractivity contribution in [2.45, 2.75) is 26.5 Å². The molecule has 0 bridgehead atoms. The zero-order valence-corrected chi connectivity index (χ0v) is 14.0. The SMILES string of the molecule is CNC(C)c1cc(C)ccc1OCc1ccc(F)cc1Br. The highest BCUT2D eigenvalue weighted by atomic mass is 79.9. The van der Waals surface area contributed by atoms with Gasteiger partial charge in [-0.05, 0) is 39.1 Å². The average Bonchev–Trinajstić information content (AvgIpc) is 2.46. The van der Waals surface area contributed by atoms with E-state index in [0.717, 1.165) is 21.3 Å². The van der Waals surface area contributed by atoms with Crippen LogP contribution in [-0.2, 0) is 6.61 Å². The molecule has 0 aliphatic heterocycles. The summed E-state index contributed by atoms with van der Waals surface area (Å²) in [5, 5.41) is 3.23. The fraction of sp³-hybridized carbons (Fsp3) is 0.294. The lowest BCUT2D eigenvalue weighted by Gasteiger charge is -2.17. The summed E-state index contributed by atoms with van der Waals surface area (Å²) in [5.41, 5.74) is 3.23. The molecule has 4 heteroatoms. The van der Waals surface area contributed by atoms with Crippen LogP contribution in [0.2, 0.25) is 0 Å². The molecule has 2 aromatic carbocycles. The molecule has 0 spiro atoms. The molecule has 1 N–H and O–H groups in total. The van der Waals surface area contributed by atoms with Gasteiger partial charge < -0.3 is 10.1 Å². The first kappa shape index (κ1) is 16.0. The molecule has 112 valence electrons. The normalized spacial score (nSPS) is 12.2. The Bertz CT molecular complexity index is 630. The van der Waals surface area contributed by atoms with E-state index in [1.54, 1.807) is 6.07 Å². The Hall–Kier alpha value is -1.39. The number of halogens is 2. The standard InChI is InChI=1S/C17H19BrFNO/c1-11-4-7-17(15(8-11)12(2)20-3)21-10-13-5-6-14(19)9-16(13)18/h4-9,12,20H,10H2,1-3H3. The van der Waals surface area contributed by atoms with Crippen LogP contribution in [0, 0.1) is 12.7 Å². The largest absolute Gasteiger partial charge is 0.489 e. The second-order valence-corrected chi connectivity index (χ2v) is 5.93. The van der Waals surface area contributed by atoms with Gasteiger partial charge in [-0.1, -0.05) is 39.7 Å². The molecule has 0 saturated heterocycles. The average molecular weight is 352 g/mol. The Morgan fingerprint density at radius 1 is 1.24 bits per heavy atom. The van der Waals surface area contributed by atoms with Gasteiger partial charge in [-0.2, -0.15) is 0 Å². The third kappa shape index (κ3) is 4.05. The molecule has 0 aromatic heterocycles. The van der Waals surface area contributed by atoms with E-state index >= 15 is 0 Å². The van der Waals surface area contributed by atoms with E-state index in [9.17, 15) is 4.39 Å². The summed E-state index contributed by atoms with van der Waals surface area (Å²) in [4.78, 5) is 0. The minimum absolute atomic E-state index is 0.205. The smallest absolute Gasteiger partial charge is 0.124 e. The van der Waals surface area contributed by atoms with Crippen molar-refractivity contribution >= 4 is 15.9 Å². The molecule has 0 aliphatic carbocycles. The number of hydrogen-bond acceptors (Lipinski definition) is 2. The Kier molecular flexibility index (Phi) is 5.37. The monoisotopic (exact) mass is 351 g/mol. The highest BCUT2D eigenvalue weighted by Gasteiger charge is 2.11. The van der Waals surface area contributed by atoms with Crippen LogP contribution in [0.3, 0.4) is 0 Å². The Labute approximate surface area is 133 Å². The van der Waals surface area contributed by atoms with Crippen LogP contribution in [0.4, 0.5) is 4.39 Å². The lowest BCUT2D eigenvalue weighted by Crippen LogP contribution is -2.14. The maximum absolute atomic E-state index is 13.1. The molecule has 2 rings (SSSR count). The van der Waals surface area contributed by atoms with Crippen LogP contribution in [0.1, 0.15) is 29.7 Å². The number of ether oxygens (including phenoxy) is 1. The number of hydrogen-bond donors (Lipinski definition) is 1. The van der Waals surface area contributed by atoms with E-state index in [1.165, 1.54) is 17.7 Å². The van der Waals surface area contributed by atoms with Crippen LogP contribution in [0.5, 0.6) is 5.75 Å². The first-order chi connectivity index (χ1) is 10.0. The first-order valence-corrected chi connectivity index (χ1v) is 7.65. The van der Waals surface area contributed by atoms with Crippen LogP contribution < -0.4 is 10.1 Å². The third-order valence-electron chi connectivity index (χ3n) is 3.46. The molecule has 2 aromatic rings. The van der Waals surface area contributed by atoms with Crippen molar-refractivity contribution in [2.24, 2.45) is 0 Å². The molecule has 0 amide bonds. The van der Waals surface area contributed by atoms with Gasteiger partial charge in [0.15, 0.2) is 0 Å². The van der Waals surface area contributed by atoms with Crippen LogP contribution in [-0.4, -0.2) is 7.05 Å². The van der Waals surface area contributed by atoms with Gasteiger partial charge in [0, 0.05) is 21.6 Å². The molecular formula is C17H19BrFNO. The highest BCUT2D eigenvalue weighted by Crippen LogP contribution is 2.28. The molecule has 2 nitrogen and oxygen atoms in total. The molecule has 0 saturated carbocycles. The van der Waals surface area contributed by atoms with Gasteiger partial charge in [0.2, 0.25) is 0 Å². The van der Waals surface area contributed by atoms with E-state index in [4.69, 9.17) is 4.74 Å². The molecular weight excluding hydrogens is 333 g/mol. The van der Waals surface area contributed by atoms with Gasteiger partial charge in [0.05, 0.1) is 0 Å². The summed E-state index contributed by atoms with van der Waals surface area (Å²) in [6, 6.07) is 11.0. The van der Waals surface area contributed by atoms with Gasteiger partial charge in [0.1, 0.15) is 18.2 Å². The lowest BCUT2D eigenvalue weighted by molar-refractivity contribution is 0.299. The van der Waals surface area contributed by atoms with Crippen molar-refractivity contribution < 1.29 is 9.13 Å². The maximum Gasteiger partial charge on any atom is 0.124 e. The summed E-state index contributed by atoms with van der Waals surface area (Å²) in [6.07, 6.45) is 0. The summed E-state index contributed by atoms with van der Waals surface area (Å²) in [7, 11) is 1.92. The van der Waals surface area contributed by atoms with Crippen molar-refractivity contribution in [3.8, 4) is 5.75 Å². The van der Waals surface area contributed by atoms with Crippen molar-refractivity contribution in [1.29, 1.82) is 0 Å². The predicted molar refractivity (Wildman–Crippen MR) is 87.1 cm³/mol. The topological polar surface area (TPSA) is 21.3 Å². The van der Waals surface area contributed by atoms with Gasteiger partial charge in [-0.3, -0.25) is 0 Å². The third-order valence-corrected chi connectivity index (χ3v) is 4.20. The fourth-order valence-corrected chi connectivity index (χ4v) is 2.55. The Balaban J connectivity index is 2.19. The maximum atomic E-state index is 13.1. The number of rotatable bonds is 5. The highest BCUT2D eigenvalue weighted by molar-refractivity contribution is 9.10. The number of aryl methyl sites for hydroxylation is 1. The quantitative estimate of drug-likeness (QED) is 0.838. The first-order valence-electron chi connectivity index (χ1n) is 6.86. The van der Waals surface area contributed by atoms with Gasteiger partial charge in [-0.15, -0.1) is 0 Å².